The van der Waals surface area contributed by atoms with Gasteiger partial charge in [0.25, 0.3) is 17.7 Å². The lowest BCUT2D eigenvalue weighted by Gasteiger charge is -2.33. The molecule has 0 radical (unpaired) electrons. The van der Waals surface area contributed by atoms with Gasteiger partial charge in [0, 0.05) is 30.6 Å². The van der Waals surface area contributed by atoms with E-state index in [-0.39, 0.29) is 41.4 Å². The summed E-state index contributed by atoms with van der Waals surface area (Å²) in [6, 6.07) is 7.92. The zero-order chi connectivity index (χ0) is 22.1. The van der Waals surface area contributed by atoms with E-state index in [1.54, 1.807) is 18.2 Å². The molecule has 2 aromatic rings. The second-order valence-corrected chi connectivity index (χ2v) is 8.26. The first-order chi connectivity index (χ1) is 14.8. The molecule has 1 N–H and O–H groups in total. The van der Waals surface area contributed by atoms with Gasteiger partial charge in [-0.3, -0.25) is 24.1 Å². The van der Waals surface area contributed by atoms with E-state index in [1.165, 1.54) is 18.4 Å². The molecule has 1 aromatic heterocycles. The molecule has 0 saturated carbocycles. The van der Waals surface area contributed by atoms with E-state index in [9.17, 15) is 19.2 Å². The van der Waals surface area contributed by atoms with Crippen molar-refractivity contribution in [3.05, 3.63) is 59.0 Å². The van der Waals surface area contributed by atoms with Crippen LogP contribution in [0.3, 0.4) is 0 Å². The van der Waals surface area contributed by atoms with Gasteiger partial charge >= 0.3 is 0 Å². The van der Waals surface area contributed by atoms with Crippen molar-refractivity contribution in [1.82, 2.24) is 15.1 Å². The van der Waals surface area contributed by atoms with Crippen LogP contribution in [0.15, 0.2) is 41.0 Å². The summed E-state index contributed by atoms with van der Waals surface area (Å²) in [5.74, 6) is -0.524. The normalized spacial score (nSPS) is 16.7. The molecule has 31 heavy (non-hydrogen) atoms. The summed E-state index contributed by atoms with van der Waals surface area (Å²) in [4.78, 5) is 53.2. The summed E-state index contributed by atoms with van der Waals surface area (Å²) in [6.07, 6.45) is 2.85. The Morgan fingerprint density at radius 3 is 2.45 bits per heavy atom. The van der Waals surface area contributed by atoms with Crippen LogP contribution >= 0.6 is 0 Å². The van der Waals surface area contributed by atoms with Gasteiger partial charge in [-0.05, 0) is 43.2 Å². The number of hydrogen-bond acceptors (Lipinski definition) is 5. The number of carbonyl (C=O) groups excluding carboxylic acids is 4. The Bertz CT molecular complexity index is 1020. The number of nitrogens with one attached hydrogen (secondary N) is 1. The Balaban J connectivity index is 1.40. The van der Waals surface area contributed by atoms with Gasteiger partial charge in [0.05, 0.1) is 23.9 Å². The number of amides is 4. The van der Waals surface area contributed by atoms with Crippen molar-refractivity contribution in [2.75, 3.05) is 13.1 Å². The van der Waals surface area contributed by atoms with E-state index < -0.39 is 11.8 Å². The van der Waals surface area contributed by atoms with Crippen LogP contribution in [-0.4, -0.2) is 52.6 Å². The van der Waals surface area contributed by atoms with Gasteiger partial charge in [-0.2, -0.15) is 0 Å². The van der Waals surface area contributed by atoms with E-state index >= 15 is 0 Å². The van der Waals surface area contributed by atoms with Gasteiger partial charge in [-0.15, -0.1) is 0 Å². The van der Waals surface area contributed by atoms with Gasteiger partial charge in [0.1, 0.15) is 5.76 Å². The lowest BCUT2D eigenvalue weighted by atomic mass is 10.0. The van der Waals surface area contributed by atoms with E-state index in [0.29, 0.717) is 37.3 Å². The standard InChI is InChI=1S/C23H25N3O5/c1-14(2)21(28)25-9-7-16(8-10-25)24-20(27)15-5-6-18-19(12-15)23(30)26(22(18)29)13-17-4-3-11-31-17/h3-6,11-12,14,16H,7-10,13H2,1-2H3,(H,24,27). The molecule has 0 unspecified atom stereocenters. The number of fused-ring (bicyclic) bond motifs is 1. The molecule has 8 heteroatoms. The highest BCUT2D eigenvalue weighted by Crippen LogP contribution is 2.26. The van der Waals surface area contributed by atoms with Gasteiger partial charge in [0.15, 0.2) is 0 Å². The fourth-order valence-corrected chi connectivity index (χ4v) is 4.01. The van der Waals surface area contributed by atoms with Crippen LogP contribution in [-0.2, 0) is 11.3 Å². The third kappa shape index (κ3) is 4.10. The number of furan rings is 1. The van der Waals surface area contributed by atoms with Crippen molar-refractivity contribution in [3.8, 4) is 0 Å². The van der Waals surface area contributed by atoms with Crippen LogP contribution < -0.4 is 5.32 Å². The summed E-state index contributed by atoms with van der Waals surface area (Å²) < 4.78 is 5.24. The Morgan fingerprint density at radius 1 is 1.10 bits per heavy atom. The number of nitrogens with zero attached hydrogens (tertiary/aromatic N) is 2. The minimum absolute atomic E-state index is 0.0369. The summed E-state index contributed by atoms with van der Waals surface area (Å²) in [5, 5.41) is 2.99. The molecule has 2 aliphatic rings. The van der Waals surface area contributed by atoms with Crippen molar-refractivity contribution in [2.24, 2.45) is 5.92 Å². The largest absolute Gasteiger partial charge is 0.467 e. The zero-order valence-corrected chi connectivity index (χ0v) is 17.6. The molecule has 1 saturated heterocycles. The molecule has 1 aromatic carbocycles. The molecular formula is C23H25N3O5. The SMILES string of the molecule is CC(C)C(=O)N1CCC(NC(=O)c2ccc3c(c2)C(=O)N(Cc2ccco2)C3=O)CC1. The second kappa shape index (κ2) is 8.37. The first kappa shape index (κ1) is 20.8. The fourth-order valence-electron chi connectivity index (χ4n) is 4.01. The van der Waals surface area contributed by atoms with E-state index in [2.05, 4.69) is 5.32 Å². The third-order valence-electron chi connectivity index (χ3n) is 5.76. The molecule has 162 valence electrons. The van der Waals surface area contributed by atoms with Gasteiger partial charge in [-0.1, -0.05) is 13.8 Å². The highest BCUT2D eigenvalue weighted by Gasteiger charge is 2.36. The summed E-state index contributed by atoms with van der Waals surface area (Å²) in [5.41, 5.74) is 0.843. The number of piperidine rings is 1. The van der Waals surface area contributed by atoms with E-state index in [4.69, 9.17) is 4.42 Å². The number of carbonyl (C=O) groups is 4. The predicted octanol–water partition coefficient (Wildman–Crippen LogP) is 2.45. The first-order valence-electron chi connectivity index (χ1n) is 10.5. The highest BCUT2D eigenvalue weighted by molar-refractivity contribution is 6.22. The van der Waals surface area contributed by atoms with Crippen molar-refractivity contribution in [3.63, 3.8) is 0 Å². The molecule has 0 spiro atoms. The Labute approximate surface area is 180 Å². The average Bonchev–Trinajstić information content (AvgIpc) is 3.36. The molecule has 3 heterocycles. The molecule has 2 aliphatic heterocycles. The predicted molar refractivity (Wildman–Crippen MR) is 111 cm³/mol. The van der Waals surface area contributed by atoms with Crippen LogP contribution in [0.1, 0.15) is 63.5 Å². The van der Waals surface area contributed by atoms with Crippen LogP contribution in [0.4, 0.5) is 0 Å². The number of likely N-dealkylation sites (tertiary alicyclic amines) is 1. The Kier molecular flexibility index (Phi) is 5.63. The maximum atomic E-state index is 12.7. The third-order valence-corrected chi connectivity index (χ3v) is 5.76. The van der Waals surface area contributed by atoms with Crippen LogP contribution in [0.2, 0.25) is 0 Å². The van der Waals surface area contributed by atoms with E-state index in [1.807, 2.05) is 18.7 Å². The molecule has 4 rings (SSSR count). The van der Waals surface area contributed by atoms with Crippen molar-refractivity contribution >= 4 is 23.6 Å². The van der Waals surface area contributed by atoms with Crippen LogP contribution in [0.5, 0.6) is 0 Å². The lowest BCUT2D eigenvalue weighted by molar-refractivity contribution is -0.135. The average molecular weight is 423 g/mol. The van der Waals surface area contributed by atoms with Crippen molar-refractivity contribution < 1.29 is 23.6 Å². The minimum Gasteiger partial charge on any atom is -0.467 e. The number of benzene rings is 1. The molecular weight excluding hydrogens is 398 g/mol. The molecule has 4 amide bonds. The lowest BCUT2D eigenvalue weighted by Crippen LogP contribution is -2.47. The van der Waals surface area contributed by atoms with Gasteiger partial charge in [0.2, 0.25) is 5.91 Å². The second-order valence-electron chi connectivity index (χ2n) is 8.26. The number of rotatable bonds is 5. The molecule has 8 nitrogen and oxygen atoms in total. The Morgan fingerprint density at radius 2 is 1.81 bits per heavy atom. The quantitative estimate of drug-likeness (QED) is 0.745. The highest BCUT2D eigenvalue weighted by atomic mass is 16.3. The summed E-state index contributed by atoms with van der Waals surface area (Å²) in [6.45, 7) is 5.04. The van der Waals surface area contributed by atoms with Crippen molar-refractivity contribution in [2.45, 2.75) is 39.3 Å². The summed E-state index contributed by atoms with van der Waals surface area (Å²) in [7, 11) is 0. The Hall–Kier alpha value is -3.42. The molecule has 1 fully saturated rings. The van der Waals surface area contributed by atoms with Crippen LogP contribution in [0, 0.1) is 5.92 Å². The van der Waals surface area contributed by atoms with Crippen molar-refractivity contribution in [1.29, 1.82) is 0 Å². The number of hydrogen-bond donors (Lipinski definition) is 1. The summed E-state index contributed by atoms with van der Waals surface area (Å²) >= 11 is 0. The minimum atomic E-state index is -0.438. The van der Waals surface area contributed by atoms with Gasteiger partial charge in [-0.25, -0.2) is 0 Å². The molecule has 0 aliphatic carbocycles. The maximum Gasteiger partial charge on any atom is 0.261 e. The first-order valence-corrected chi connectivity index (χ1v) is 10.5. The zero-order valence-electron chi connectivity index (χ0n) is 17.6. The topological polar surface area (TPSA) is 99.9 Å². The molecule has 0 bridgehead atoms. The van der Waals surface area contributed by atoms with E-state index in [0.717, 1.165) is 4.90 Å². The van der Waals surface area contributed by atoms with Crippen LogP contribution in [0.25, 0.3) is 0 Å². The van der Waals surface area contributed by atoms with Gasteiger partial charge < -0.3 is 14.6 Å². The monoisotopic (exact) mass is 423 g/mol. The fraction of sp³-hybridized carbons (Fsp3) is 0.391. The molecule has 0 atom stereocenters. The number of imide groups is 1. The maximum absolute atomic E-state index is 12.7. The smallest absolute Gasteiger partial charge is 0.261 e.